The quantitative estimate of drug-likeness (QED) is 0.818. The first-order chi connectivity index (χ1) is 11.1. The molecule has 0 heterocycles. The van der Waals surface area contributed by atoms with Gasteiger partial charge in [0.05, 0.1) is 0 Å². The van der Waals surface area contributed by atoms with Crippen molar-refractivity contribution in [3.63, 3.8) is 0 Å². The average Bonchev–Trinajstić information content (AvgIpc) is 3.31. The predicted molar refractivity (Wildman–Crippen MR) is 88.5 cm³/mol. The molecule has 128 valence electrons. The lowest BCUT2D eigenvalue weighted by Gasteiger charge is -2.25. The second kappa shape index (κ2) is 6.10. The molecule has 2 N–H and O–H groups in total. The maximum absolute atomic E-state index is 12.4. The molecule has 4 fully saturated rings. The highest BCUT2D eigenvalue weighted by molar-refractivity contribution is 5.81. The summed E-state index contributed by atoms with van der Waals surface area (Å²) in [5, 5.41) is 6.22. The van der Waals surface area contributed by atoms with E-state index in [1.165, 1.54) is 38.5 Å². The Kier molecular flexibility index (Phi) is 4.10. The first-order valence-corrected chi connectivity index (χ1v) is 9.68. The van der Waals surface area contributed by atoms with Crippen molar-refractivity contribution in [3.8, 4) is 0 Å². The highest BCUT2D eigenvalue weighted by atomic mass is 16.2. The molecule has 0 radical (unpaired) electrons. The van der Waals surface area contributed by atoms with Crippen LogP contribution in [0.15, 0.2) is 0 Å². The maximum Gasteiger partial charge on any atom is 0.223 e. The summed E-state index contributed by atoms with van der Waals surface area (Å²) in [4.78, 5) is 24.8. The number of carbonyl (C=O) groups excluding carboxylic acids is 2. The molecular formula is C19H30N2O2. The van der Waals surface area contributed by atoms with Crippen LogP contribution in [0.1, 0.15) is 58.3 Å². The van der Waals surface area contributed by atoms with Gasteiger partial charge in [0.1, 0.15) is 0 Å². The minimum absolute atomic E-state index is 0.0316. The van der Waals surface area contributed by atoms with Crippen LogP contribution in [-0.4, -0.2) is 24.4 Å². The van der Waals surface area contributed by atoms with Gasteiger partial charge in [-0.1, -0.05) is 12.8 Å². The van der Waals surface area contributed by atoms with Gasteiger partial charge in [-0.3, -0.25) is 9.59 Å². The number of hydrogen-bond acceptors (Lipinski definition) is 2. The van der Waals surface area contributed by atoms with Crippen molar-refractivity contribution < 1.29 is 9.59 Å². The molecule has 4 aliphatic rings. The van der Waals surface area contributed by atoms with E-state index >= 15 is 0 Å². The largest absolute Gasteiger partial charge is 0.354 e. The third-order valence-corrected chi connectivity index (χ3v) is 7.12. The Morgan fingerprint density at radius 3 is 1.91 bits per heavy atom. The molecule has 7 atom stereocenters. The molecule has 0 saturated heterocycles. The molecule has 23 heavy (non-hydrogen) atoms. The monoisotopic (exact) mass is 318 g/mol. The molecule has 4 bridgehead atoms. The van der Waals surface area contributed by atoms with Crippen molar-refractivity contribution in [2.45, 2.75) is 64.3 Å². The molecule has 0 aromatic carbocycles. The van der Waals surface area contributed by atoms with E-state index in [0.717, 1.165) is 24.7 Å². The van der Waals surface area contributed by atoms with Crippen LogP contribution in [0.25, 0.3) is 0 Å². The summed E-state index contributed by atoms with van der Waals surface area (Å²) in [6.07, 6.45) is 9.80. The zero-order valence-electron chi connectivity index (χ0n) is 14.2. The number of fused-ring (bicyclic) bond motifs is 4. The summed E-state index contributed by atoms with van der Waals surface area (Å²) in [6, 6.07) is 0.0316. The molecule has 4 aliphatic carbocycles. The molecule has 4 rings (SSSR count). The standard InChI is InChI=1S/C19H30N2O2/c1-11(21-19(23)17-9-13-3-5-15(17)7-13)10-20-18(22)16-8-12-2-4-14(16)6-12/h11-17H,2-10H2,1H3,(H,20,22)(H,21,23). The highest BCUT2D eigenvalue weighted by Crippen LogP contribution is 2.49. The Balaban J connectivity index is 1.20. The molecule has 2 amide bonds. The fourth-order valence-electron chi connectivity index (χ4n) is 5.92. The second-order valence-corrected chi connectivity index (χ2v) is 8.72. The number of rotatable bonds is 5. The number of carbonyl (C=O) groups is 2. The lowest BCUT2D eigenvalue weighted by atomic mass is 9.88. The predicted octanol–water partition coefficient (Wildman–Crippen LogP) is 2.48. The first kappa shape index (κ1) is 15.5. The molecule has 4 saturated carbocycles. The summed E-state index contributed by atoms with van der Waals surface area (Å²) in [5.41, 5.74) is 0. The van der Waals surface area contributed by atoms with E-state index < -0.39 is 0 Å². The summed E-state index contributed by atoms with van der Waals surface area (Å²) in [5.74, 6) is 3.75. The topological polar surface area (TPSA) is 58.2 Å². The van der Waals surface area contributed by atoms with Crippen LogP contribution in [0.4, 0.5) is 0 Å². The van der Waals surface area contributed by atoms with E-state index in [4.69, 9.17) is 0 Å². The van der Waals surface area contributed by atoms with Crippen molar-refractivity contribution in [3.05, 3.63) is 0 Å². The fourth-order valence-corrected chi connectivity index (χ4v) is 5.92. The van der Waals surface area contributed by atoms with Gasteiger partial charge in [-0.15, -0.1) is 0 Å². The molecule has 7 unspecified atom stereocenters. The number of nitrogens with one attached hydrogen (secondary N) is 2. The van der Waals surface area contributed by atoms with Gasteiger partial charge in [0.2, 0.25) is 11.8 Å². The van der Waals surface area contributed by atoms with E-state index in [2.05, 4.69) is 10.6 Å². The van der Waals surface area contributed by atoms with E-state index in [1.54, 1.807) is 0 Å². The van der Waals surface area contributed by atoms with Crippen LogP contribution in [0, 0.1) is 35.5 Å². The van der Waals surface area contributed by atoms with Gasteiger partial charge in [0, 0.05) is 24.4 Å². The Bertz CT molecular complexity index is 492. The normalized spacial score (nSPS) is 42.0. The molecular weight excluding hydrogens is 288 g/mol. The smallest absolute Gasteiger partial charge is 0.223 e. The number of hydrogen-bond donors (Lipinski definition) is 2. The second-order valence-electron chi connectivity index (χ2n) is 8.72. The number of amides is 2. The van der Waals surface area contributed by atoms with E-state index in [1.807, 2.05) is 6.92 Å². The van der Waals surface area contributed by atoms with Crippen molar-refractivity contribution >= 4 is 11.8 Å². The SMILES string of the molecule is CC(CNC(=O)C1CC2CCC1C2)NC(=O)C1CC2CCC1C2. The lowest BCUT2D eigenvalue weighted by Crippen LogP contribution is -2.46. The van der Waals surface area contributed by atoms with Crippen LogP contribution in [0.3, 0.4) is 0 Å². The summed E-state index contributed by atoms with van der Waals surface area (Å²) in [6.45, 7) is 2.57. The van der Waals surface area contributed by atoms with E-state index in [0.29, 0.717) is 18.4 Å². The Morgan fingerprint density at radius 2 is 1.43 bits per heavy atom. The van der Waals surface area contributed by atoms with Gasteiger partial charge in [-0.25, -0.2) is 0 Å². The van der Waals surface area contributed by atoms with Gasteiger partial charge >= 0.3 is 0 Å². The van der Waals surface area contributed by atoms with Crippen molar-refractivity contribution in [2.75, 3.05) is 6.54 Å². The minimum Gasteiger partial charge on any atom is -0.354 e. The molecule has 0 aromatic rings. The fraction of sp³-hybridized carbons (Fsp3) is 0.895. The van der Waals surface area contributed by atoms with Crippen LogP contribution in [0.2, 0.25) is 0 Å². The third-order valence-electron chi connectivity index (χ3n) is 7.12. The zero-order chi connectivity index (χ0) is 16.0. The molecule has 4 heteroatoms. The molecule has 0 aliphatic heterocycles. The Morgan fingerprint density at radius 1 is 0.870 bits per heavy atom. The van der Waals surface area contributed by atoms with Gasteiger partial charge in [0.25, 0.3) is 0 Å². The maximum atomic E-state index is 12.4. The first-order valence-electron chi connectivity index (χ1n) is 9.68. The van der Waals surface area contributed by atoms with E-state index in [-0.39, 0.29) is 29.7 Å². The van der Waals surface area contributed by atoms with Crippen LogP contribution < -0.4 is 10.6 Å². The van der Waals surface area contributed by atoms with Crippen molar-refractivity contribution in [2.24, 2.45) is 35.5 Å². The van der Waals surface area contributed by atoms with E-state index in [9.17, 15) is 9.59 Å². The lowest BCUT2D eigenvalue weighted by molar-refractivity contribution is -0.129. The zero-order valence-corrected chi connectivity index (χ0v) is 14.2. The van der Waals surface area contributed by atoms with Gasteiger partial charge in [-0.05, 0) is 69.1 Å². The summed E-state index contributed by atoms with van der Waals surface area (Å²) >= 11 is 0. The van der Waals surface area contributed by atoms with Crippen LogP contribution >= 0.6 is 0 Å². The van der Waals surface area contributed by atoms with Crippen molar-refractivity contribution in [1.82, 2.24) is 10.6 Å². The molecule has 0 aromatic heterocycles. The Hall–Kier alpha value is -1.06. The Labute approximate surface area is 139 Å². The van der Waals surface area contributed by atoms with Gasteiger partial charge in [0.15, 0.2) is 0 Å². The minimum atomic E-state index is 0.0316. The van der Waals surface area contributed by atoms with Crippen LogP contribution in [0.5, 0.6) is 0 Å². The highest BCUT2D eigenvalue weighted by Gasteiger charge is 2.44. The summed E-state index contributed by atoms with van der Waals surface area (Å²) < 4.78 is 0. The summed E-state index contributed by atoms with van der Waals surface area (Å²) in [7, 11) is 0. The van der Waals surface area contributed by atoms with Gasteiger partial charge < -0.3 is 10.6 Å². The third kappa shape index (κ3) is 3.01. The molecule has 4 nitrogen and oxygen atoms in total. The van der Waals surface area contributed by atoms with Gasteiger partial charge in [-0.2, -0.15) is 0 Å². The van der Waals surface area contributed by atoms with Crippen LogP contribution in [-0.2, 0) is 9.59 Å². The van der Waals surface area contributed by atoms with Crippen molar-refractivity contribution in [1.29, 1.82) is 0 Å². The average molecular weight is 318 g/mol. The molecule has 0 spiro atoms.